The Kier molecular flexibility index (Phi) is 3.39. The smallest absolute Gasteiger partial charge is 0.245 e. The van der Waals surface area contributed by atoms with E-state index in [-0.39, 0.29) is 36.7 Å². The molecule has 0 saturated carbocycles. The summed E-state index contributed by atoms with van der Waals surface area (Å²) >= 11 is 0. The maximum atomic E-state index is 13.1. The first-order valence-corrected chi connectivity index (χ1v) is 9.81. The van der Waals surface area contributed by atoms with Gasteiger partial charge in [-0.2, -0.15) is 0 Å². The number of fused-ring (bicyclic) bond motifs is 5. The van der Waals surface area contributed by atoms with E-state index >= 15 is 0 Å². The van der Waals surface area contributed by atoms with E-state index in [0.29, 0.717) is 17.7 Å². The molecule has 4 heterocycles. The van der Waals surface area contributed by atoms with Crippen LogP contribution >= 0.6 is 0 Å². The van der Waals surface area contributed by atoms with Gasteiger partial charge in [-0.3, -0.25) is 9.59 Å². The fourth-order valence-corrected chi connectivity index (χ4v) is 4.92. The van der Waals surface area contributed by atoms with Crippen molar-refractivity contribution in [2.75, 3.05) is 20.4 Å². The second-order valence-corrected chi connectivity index (χ2v) is 7.92. The molecule has 8 heteroatoms. The lowest BCUT2D eigenvalue weighted by atomic mass is 9.86. The van der Waals surface area contributed by atoms with Gasteiger partial charge in [-0.05, 0) is 23.8 Å². The number of H-pyrrole nitrogens is 1. The first kappa shape index (κ1) is 17.2. The first-order chi connectivity index (χ1) is 14.5. The Morgan fingerprint density at radius 3 is 2.83 bits per heavy atom. The van der Waals surface area contributed by atoms with E-state index in [2.05, 4.69) is 4.98 Å². The molecule has 30 heavy (non-hydrogen) atoms. The molecule has 152 valence electrons. The largest absolute Gasteiger partial charge is 0.504 e. The molecule has 2 amide bonds. The Balaban J connectivity index is 1.62. The van der Waals surface area contributed by atoms with Gasteiger partial charge in [-0.25, -0.2) is 0 Å². The van der Waals surface area contributed by atoms with Gasteiger partial charge in [0.05, 0.1) is 6.54 Å². The number of carbonyl (C=O) groups is 2. The average Bonchev–Trinajstić information content (AvgIpc) is 3.36. The second-order valence-electron chi connectivity index (χ2n) is 7.92. The summed E-state index contributed by atoms with van der Waals surface area (Å²) in [5.74, 6) is 0.394. The van der Waals surface area contributed by atoms with E-state index in [1.54, 1.807) is 24.1 Å². The average molecular weight is 405 g/mol. The minimum absolute atomic E-state index is 0.00666. The second kappa shape index (κ2) is 5.91. The molecular weight excluding hydrogens is 386 g/mol. The number of hydrogen-bond acceptors (Lipinski definition) is 5. The normalized spacial score (nSPS) is 22.4. The van der Waals surface area contributed by atoms with Crippen LogP contribution in [0.15, 0.2) is 36.4 Å². The molecule has 1 fully saturated rings. The van der Waals surface area contributed by atoms with Gasteiger partial charge >= 0.3 is 0 Å². The molecule has 2 unspecified atom stereocenters. The van der Waals surface area contributed by atoms with Crippen LogP contribution in [0.5, 0.6) is 17.2 Å². The van der Waals surface area contributed by atoms with Crippen LogP contribution in [0, 0.1) is 0 Å². The predicted molar refractivity (Wildman–Crippen MR) is 106 cm³/mol. The third kappa shape index (κ3) is 2.16. The molecular formula is C22H19N3O5. The van der Waals surface area contributed by atoms with Crippen LogP contribution in [-0.4, -0.2) is 58.1 Å². The summed E-state index contributed by atoms with van der Waals surface area (Å²) in [4.78, 5) is 32.7. The number of piperazine rings is 1. The SMILES string of the molecule is CN1CC(=O)N2C(Cc3c([nH]c4ccccc34)C2c2ccc3c(c2O)OCO3)C1=O. The third-order valence-electron chi connectivity index (χ3n) is 6.29. The van der Waals surface area contributed by atoms with Gasteiger partial charge in [-0.1, -0.05) is 18.2 Å². The highest BCUT2D eigenvalue weighted by molar-refractivity contribution is 5.97. The Hall–Kier alpha value is -3.68. The molecule has 2 atom stereocenters. The maximum absolute atomic E-state index is 13.1. The van der Waals surface area contributed by atoms with E-state index in [1.807, 2.05) is 24.3 Å². The summed E-state index contributed by atoms with van der Waals surface area (Å²) in [5, 5.41) is 12.0. The fraction of sp³-hybridized carbons (Fsp3) is 0.273. The lowest BCUT2D eigenvalue weighted by molar-refractivity contribution is -0.157. The zero-order valence-electron chi connectivity index (χ0n) is 16.2. The molecule has 3 aromatic rings. The quantitative estimate of drug-likeness (QED) is 0.645. The van der Waals surface area contributed by atoms with E-state index in [4.69, 9.17) is 9.47 Å². The van der Waals surface area contributed by atoms with E-state index in [1.165, 1.54) is 4.90 Å². The number of hydrogen-bond donors (Lipinski definition) is 2. The van der Waals surface area contributed by atoms with E-state index in [0.717, 1.165) is 22.2 Å². The number of phenolic OH excluding ortho intramolecular Hbond substituents is 1. The number of carbonyl (C=O) groups excluding carboxylic acids is 2. The topological polar surface area (TPSA) is 95.1 Å². The van der Waals surface area contributed by atoms with Crippen molar-refractivity contribution in [3.05, 3.63) is 53.2 Å². The van der Waals surface area contributed by atoms with Crippen molar-refractivity contribution in [1.82, 2.24) is 14.8 Å². The van der Waals surface area contributed by atoms with Crippen LogP contribution in [0.1, 0.15) is 22.9 Å². The number of aromatic nitrogens is 1. The number of aromatic hydroxyl groups is 1. The van der Waals surface area contributed by atoms with E-state index in [9.17, 15) is 14.7 Å². The number of nitrogens with one attached hydrogen (secondary N) is 1. The number of amides is 2. The molecule has 0 spiro atoms. The third-order valence-corrected chi connectivity index (χ3v) is 6.29. The Bertz CT molecular complexity index is 1230. The number of benzene rings is 2. The zero-order chi connectivity index (χ0) is 20.6. The molecule has 8 nitrogen and oxygen atoms in total. The first-order valence-electron chi connectivity index (χ1n) is 9.81. The van der Waals surface area contributed by atoms with Crippen LogP contribution < -0.4 is 9.47 Å². The molecule has 2 N–H and O–H groups in total. The minimum atomic E-state index is -0.634. The number of para-hydroxylation sites is 1. The molecule has 3 aliphatic heterocycles. The van der Waals surface area contributed by atoms with Crippen LogP contribution in [-0.2, 0) is 16.0 Å². The molecule has 3 aliphatic rings. The van der Waals surface area contributed by atoms with Gasteiger partial charge in [-0.15, -0.1) is 0 Å². The predicted octanol–water partition coefficient (Wildman–Crippen LogP) is 1.92. The van der Waals surface area contributed by atoms with Gasteiger partial charge in [0.1, 0.15) is 12.1 Å². The number of nitrogens with zero attached hydrogens (tertiary/aromatic N) is 2. The van der Waals surface area contributed by atoms with Crippen LogP contribution in [0.25, 0.3) is 10.9 Å². The van der Waals surface area contributed by atoms with Crippen LogP contribution in [0.2, 0.25) is 0 Å². The van der Waals surface area contributed by atoms with Crippen molar-refractivity contribution in [3.63, 3.8) is 0 Å². The van der Waals surface area contributed by atoms with Gasteiger partial charge in [0.2, 0.25) is 24.4 Å². The standard InChI is InChI=1S/C22H19N3O5/c1-24-9-17(26)25-15(22(24)28)8-13-11-4-2-3-5-14(11)23-18(13)19(25)12-6-7-16-21(20(12)27)30-10-29-16/h2-7,15,19,23,27H,8-10H2,1H3. The van der Waals surface area contributed by atoms with Crippen molar-refractivity contribution in [2.45, 2.75) is 18.5 Å². The molecule has 1 saturated heterocycles. The van der Waals surface area contributed by atoms with Gasteiger partial charge in [0.15, 0.2) is 11.5 Å². The molecule has 6 rings (SSSR count). The summed E-state index contributed by atoms with van der Waals surface area (Å²) in [6.07, 6.45) is 0.427. The Morgan fingerprint density at radius 2 is 1.97 bits per heavy atom. The number of likely N-dealkylation sites (N-methyl/N-ethyl adjacent to an activating group) is 1. The molecule has 0 radical (unpaired) electrons. The minimum Gasteiger partial charge on any atom is -0.504 e. The number of phenols is 1. The van der Waals surface area contributed by atoms with Gasteiger partial charge in [0, 0.05) is 35.6 Å². The fourth-order valence-electron chi connectivity index (χ4n) is 4.92. The number of ether oxygens (including phenoxy) is 2. The lowest BCUT2D eigenvalue weighted by Crippen LogP contribution is -2.62. The zero-order valence-corrected chi connectivity index (χ0v) is 16.2. The van der Waals surface area contributed by atoms with Crippen LogP contribution in [0.3, 0.4) is 0 Å². The van der Waals surface area contributed by atoms with Gasteiger partial charge in [0.25, 0.3) is 0 Å². The Labute approximate surface area is 171 Å². The summed E-state index contributed by atoms with van der Waals surface area (Å²) in [7, 11) is 1.65. The van der Waals surface area contributed by atoms with Gasteiger partial charge < -0.3 is 29.4 Å². The van der Waals surface area contributed by atoms with Crippen molar-refractivity contribution < 1.29 is 24.2 Å². The molecule has 1 aromatic heterocycles. The molecule has 0 bridgehead atoms. The summed E-state index contributed by atoms with van der Waals surface area (Å²) in [6, 6.07) is 10.1. The molecule has 2 aromatic carbocycles. The Morgan fingerprint density at radius 1 is 1.13 bits per heavy atom. The molecule has 0 aliphatic carbocycles. The summed E-state index contributed by atoms with van der Waals surface area (Å²) in [5.41, 5.74) is 3.24. The summed E-state index contributed by atoms with van der Waals surface area (Å²) < 4.78 is 10.8. The van der Waals surface area contributed by atoms with Crippen molar-refractivity contribution in [2.24, 2.45) is 0 Å². The summed E-state index contributed by atoms with van der Waals surface area (Å²) in [6.45, 7) is 0.0376. The highest BCUT2D eigenvalue weighted by Gasteiger charge is 2.48. The highest BCUT2D eigenvalue weighted by atomic mass is 16.7. The lowest BCUT2D eigenvalue weighted by Gasteiger charge is -2.46. The van der Waals surface area contributed by atoms with E-state index < -0.39 is 12.1 Å². The van der Waals surface area contributed by atoms with Crippen molar-refractivity contribution in [3.8, 4) is 17.2 Å². The van der Waals surface area contributed by atoms with Crippen molar-refractivity contribution >= 4 is 22.7 Å². The monoisotopic (exact) mass is 405 g/mol. The van der Waals surface area contributed by atoms with Crippen molar-refractivity contribution in [1.29, 1.82) is 0 Å². The number of rotatable bonds is 1. The van der Waals surface area contributed by atoms with Crippen LogP contribution in [0.4, 0.5) is 0 Å². The highest BCUT2D eigenvalue weighted by Crippen LogP contribution is 2.50. The maximum Gasteiger partial charge on any atom is 0.245 e. The number of aromatic amines is 1.